The van der Waals surface area contributed by atoms with E-state index in [0.717, 1.165) is 10.0 Å². The van der Waals surface area contributed by atoms with Crippen molar-refractivity contribution in [1.29, 1.82) is 0 Å². The maximum atomic E-state index is 12.9. The van der Waals surface area contributed by atoms with E-state index in [0.29, 0.717) is 5.56 Å². The molecule has 144 valence electrons. The number of primary amides is 1. The van der Waals surface area contributed by atoms with Crippen molar-refractivity contribution in [2.45, 2.75) is 19.0 Å². The van der Waals surface area contributed by atoms with E-state index in [-0.39, 0.29) is 24.0 Å². The van der Waals surface area contributed by atoms with Gasteiger partial charge in [0.05, 0.1) is 13.0 Å². The Balaban J connectivity index is 1.83. The average molecular weight is 461 g/mol. The average Bonchev–Trinajstić information content (AvgIpc) is 2.87. The second-order valence-electron chi connectivity index (χ2n) is 6.20. The van der Waals surface area contributed by atoms with Crippen molar-refractivity contribution in [2.24, 2.45) is 5.73 Å². The number of carbonyl (C=O) groups excluding carboxylic acids is 3. The van der Waals surface area contributed by atoms with Crippen LogP contribution in [0.15, 0.2) is 59.1 Å². The molecule has 28 heavy (non-hydrogen) atoms. The van der Waals surface area contributed by atoms with Crippen molar-refractivity contribution in [3.8, 4) is 0 Å². The molecule has 3 amide bonds. The van der Waals surface area contributed by atoms with Crippen molar-refractivity contribution >= 4 is 51.0 Å². The van der Waals surface area contributed by atoms with Crippen LogP contribution in [0.4, 0.5) is 0 Å². The summed E-state index contributed by atoms with van der Waals surface area (Å²) in [4.78, 5) is 38.3. The molecule has 3 N–H and O–H groups in total. The summed E-state index contributed by atoms with van der Waals surface area (Å²) in [7, 11) is 0. The zero-order chi connectivity index (χ0) is 20.3. The van der Waals surface area contributed by atoms with E-state index >= 15 is 0 Å². The molecule has 0 spiro atoms. The number of thiocarbonyl (C=S) groups is 1. The van der Waals surface area contributed by atoms with Gasteiger partial charge in [-0.25, -0.2) is 5.01 Å². The standard InChI is InChI=1S/C19H17BrN4O3S/c20-14-8-6-13(7-9-14)17(26)22-24-15(10-16(21)25)18(27)23(19(24)28)11-12-4-2-1-3-5-12/h1-9,15H,10-11H2,(H2,21,25)(H,22,26)/t15-/m0/s1. The van der Waals surface area contributed by atoms with Crippen LogP contribution >= 0.6 is 28.1 Å². The van der Waals surface area contributed by atoms with Crippen LogP contribution in [0.3, 0.4) is 0 Å². The molecular weight excluding hydrogens is 444 g/mol. The van der Waals surface area contributed by atoms with Crippen molar-refractivity contribution in [3.05, 3.63) is 70.2 Å². The lowest BCUT2D eigenvalue weighted by atomic mass is 10.1. The van der Waals surface area contributed by atoms with Crippen LogP contribution in [-0.4, -0.2) is 38.8 Å². The highest BCUT2D eigenvalue weighted by Gasteiger charge is 2.44. The zero-order valence-electron chi connectivity index (χ0n) is 14.7. The maximum absolute atomic E-state index is 12.9. The van der Waals surface area contributed by atoms with Crippen LogP contribution in [-0.2, 0) is 16.1 Å². The zero-order valence-corrected chi connectivity index (χ0v) is 17.1. The fourth-order valence-electron chi connectivity index (χ4n) is 2.83. The molecular formula is C19H17BrN4O3S. The predicted molar refractivity (Wildman–Crippen MR) is 111 cm³/mol. The Kier molecular flexibility index (Phi) is 6.05. The van der Waals surface area contributed by atoms with Crippen molar-refractivity contribution < 1.29 is 14.4 Å². The molecule has 1 fully saturated rings. The van der Waals surface area contributed by atoms with Crippen LogP contribution < -0.4 is 11.2 Å². The first-order valence-electron chi connectivity index (χ1n) is 8.40. The molecule has 7 nitrogen and oxygen atoms in total. The number of hydrazine groups is 1. The molecule has 2 aromatic carbocycles. The topological polar surface area (TPSA) is 95.7 Å². The fourth-order valence-corrected chi connectivity index (χ4v) is 3.42. The largest absolute Gasteiger partial charge is 0.370 e. The lowest BCUT2D eigenvalue weighted by molar-refractivity contribution is -0.131. The second-order valence-corrected chi connectivity index (χ2v) is 7.48. The molecule has 9 heteroatoms. The van der Waals surface area contributed by atoms with Crippen LogP contribution in [0.5, 0.6) is 0 Å². The lowest BCUT2D eigenvalue weighted by Crippen LogP contribution is -2.49. The van der Waals surface area contributed by atoms with Gasteiger partial charge in [-0.3, -0.25) is 24.7 Å². The van der Waals surface area contributed by atoms with Gasteiger partial charge >= 0.3 is 0 Å². The molecule has 1 aliphatic heterocycles. The second kappa shape index (κ2) is 8.49. The number of amides is 3. The third-order valence-corrected chi connectivity index (χ3v) is 5.15. The number of carbonyl (C=O) groups is 3. The first kappa shape index (κ1) is 20.0. The molecule has 0 aromatic heterocycles. The van der Waals surface area contributed by atoms with Crippen molar-refractivity contribution in [2.75, 3.05) is 0 Å². The Morgan fingerprint density at radius 1 is 1.11 bits per heavy atom. The monoisotopic (exact) mass is 460 g/mol. The number of halogens is 1. The van der Waals surface area contributed by atoms with E-state index in [1.807, 2.05) is 30.3 Å². The normalized spacial score (nSPS) is 16.4. The van der Waals surface area contributed by atoms with Crippen LogP contribution in [0, 0.1) is 0 Å². The third kappa shape index (κ3) is 4.37. The summed E-state index contributed by atoms with van der Waals surface area (Å²) >= 11 is 8.72. The van der Waals surface area contributed by atoms with Gasteiger partial charge in [-0.2, -0.15) is 0 Å². The number of nitrogens with two attached hydrogens (primary N) is 1. The molecule has 3 rings (SSSR count). The molecule has 0 saturated carbocycles. The summed E-state index contributed by atoms with van der Waals surface area (Å²) in [6.07, 6.45) is -0.259. The number of benzene rings is 2. The van der Waals surface area contributed by atoms with E-state index in [4.69, 9.17) is 18.0 Å². The van der Waals surface area contributed by atoms with Gasteiger partial charge in [-0.05, 0) is 42.0 Å². The number of rotatable bonds is 6. The Hall–Kier alpha value is -2.78. The van der Waals surface area contributed by atoms with Crippen LogP contribution in [0.2, 0.25) is 0 Å². The summed E-state index contributed by atoms with van der Waals surface area (Å²) in [6.45, 7) is 0.235. The van der Waals surface area contributed by atoms with Crippen molar-refractivity contribution in [1.82, 2.24) is 15.3 Å². The van der Waals surface area contributed by atoms with Gasteiger partial charge in [0.1, 0.15) is 6.04 Å². The molecule has 0 radical (unpaired) electrons. The Labute approximate surface area is 175 Å². The smallest absolute Gasteiger partial charge is 0.269 e. The Bertz CT molecular complexity index is 921. The van der Waals surface area contributed by atoms with E-state index in [1.165, 1.54) is 9.91 Å². The predicted octanol–water partition coefficient (Wildman–Crippen LogP) is 1.97. The van der Waals surface area contributed by atoms with Gasteiger partial charge in [0, 0.05) is 10.0 Å². The van der Waals surface area contributed by atoms with Gasteiger partial charge in [-0.1, -0.05) is 46.3 Å². The van der Waals surface area contributed by atoms with Gasteiger partial charge in [0.2, 0.25) is 5.91 Å². The molecule has 0 bridgehead atoms. The fraction of sp³-hybridized carbons (Fsp3) is 0.158. The first-order chi connectivity index (χ1) is 13.4. The quantitative estimate of drug-likeness (QED) is 0.642. The number of hydrogen-bond donors (Lipinski definition) is 2. The van der Waals surface area contributed by atoms with Gasteiger partial charge in [0.25, 0.3) is 11.8 Å². The summed E-state index contributed by atoms with van der Waals surface area (Å²) < 4.78 is 0.830. The lowest BCUT2D eigenvalue weighted by Gasteiger charge is -2.24. The van der Waals surface area contributed by atoms with E-state index in [2.05, 4.69) is 21.4 Å². The number of nitrogens with zero attached hydrogens (tertiary/aromatic N) is 2. The minimum atomic E-state index is -0.979. The van der Waals surface area contributed by atoms with Crippen LogP contribution in [0.1, 0.15) is 22.3 Å². The number of hydrogen-bond acceptors (Lipinski definition) is 4. The molecule has 0 unspecified atom stereocenters. The van der Waals surface area contributed by atoms with Gasteiger partial charge in [0.15, 0.2) is 5.11 Å². The minimum Gasteiger partial charge on any atom is -0.370 e. The highest BCUT2D eigenvalue weighted by Crippen LogP contribution is 2.22. The molecule has 1 heterocycles. The highest BCUT2D eigenvalue weighted by molar-refractivity contribution is 9.10. The molecule has 1 saturated heterocycles. The van der Waals surface area contributed by atoms with Crippen LogP contribution in [0.25, 0.3) is 0 Å². The summed E-state index contributed by atoms with van der Waals surface area (Å²) in [5.74, 6) is -1.49. The highest BCUT2D eigenvalue weighted by atomic mass is 79.9. The minimum absolute atomic E-state index is 0.116. The first-order valence-corrected chi connectivity index (χ1v) is 9.60. The van der Waals surface area contributed by atoms with Gasteiger partial charge in [-0.15, -0.1) is 0 Å². The summed E-state index contributed by atoms with van der Waals surface area (Å²) in [5.41, 5.74) is 9.19. The Morgan fingerprint density at radius 3 is 2.36 bits per heavy atom. The third-order valence-electron chi connectivity index (χ3n) is 4.21. The van der Waals surface area contributed by atoms with E-state index in [1.54, 1.807) is 24.3 Å². The van der Waals surface area contributed by atoms with E-state index in [9.17, 15) is 14.4 Å². The molecule has 1 aliphatic rings. The molecule has 2 aromatic rings. The SMILES string of the molecule is NC(=O)C[C@H]1C(=O)N(Cc2ccccc2)C(=S)N1NC(=O)c1ccc(Br)cc1. The van der Waals surface area contributed by atoms with Gasteiger partial charge < -0.3 is 5.73 Å². The molecule has 1 atom stereocenters. The van der Waals surface area contributed by atoms with Crippen molar-refractivity contribution in [3.63, 3.8) is 0 Å². The van der Waals surface area contributed by atoms with E-state index < -0.39 is 17.9 Å². The number of nitrogens with one attached hydrogen (secondary N) is 1. The maximum Gasteiger partial charge on any atom is 0.269 e. The summed E-state index contributed by atoms with van der Waals surface area (Å²) in [5, 5.41) is 1.36. The Morgan fingerprint density at radius 2 is 1.75 bits per heavy atom. The summed E-state index contributed by atoms with van der Waals surface area (Å²) in [6, 6.07) is 15.0. The molecule has 0 aliphatic carbocycles.